The van der Waals surface area contributed by atoms with E-state index in [1.54, 1.807) is 5.51 Å². The van der Waals surface area contributed by atoms with Crippen molar-refractivity contribution >= 4 is 39.2 Å². The van der Waals surface area contributed by atoms with E-state index in [-0.39, 0.29) is 17.9 Å². The predicted octanol–water partition coefficient (Wildman–Crippen LogP) is 3.06. The van der Waals surface area contributed by atoms with Gasteiger partial charge in [0.05, 0.1) is 33.3 Å². The smallest absolute Gasteiger partial charge is 0.407 e. The second-order valence-corrected chi connectivity index (χ2v) is 9.28. The van der Waals surface area contributed by atoms with E-state index in [0.717, 1.165) is 32.9 Å². The van der Waals surface area contributed by atoms with Crippen molar-refractivity contribution < 1.29 is 19.4 Å². The molecule has 0 saturated carbocycles. The Bertz CT molecular complexity index is 1170. The van der Waals surface area contributed by atoms with Crippen molar-refractivity contribution in [3.05, 3.63) is 36.0 Å². The highest BCUT2D eigenvalue weighted by Gasteiger charge is 2.28. The fraction of sp³-hybridized carbons (Fsp3) is 0.391. The number of anilines is 1. The SMILES string of the molecule is C[C@@H](Oc1cc(-c2ccc(N3CCN(C(=O)O)CC3)cn2)cc2ncsc12)[C@H]1CNC(=O)C1. The number of fused-ring (bicyclic) bond motifs is 1. The van der Waals surface area contributed by atoms with E-state index in [2.05, 4.69) is 20.2 Å². The van der Waals surface area contributed by atoms with Gasteiger partial charge in [0, 0.05) is 50.6 Å². The fourth-order valence-electron chi connectivity index (χ4n) is 4.33. The molecule has 9 nitrogen and oxygen atoms in total. The molecular formula is C23H25N5O4S. The topological polar surface area (TPSA) is 108 Å². The van der Waals surface area contributed by atoms with Gasteiger partial charge in [0.2, 0.25) is 5.91 Å². The average Bonchev–Trinajstić information content (AvgIpc) is 3.48. The summed E-state index contributed by atoms with van der Waals surface area (Å²) >= 11 is 1.53. The molecule has 2 aliphatic rings. The lowest BCUT2D eigenvalue weighted by atomic mass is 10.0. The zero-order valence-corrected chi connectivity index (χ0v) is 19.0. The molecule has 10 heteroatoms. The summed E-state index contributed by atoms with van der Waals surface area (Å²) < 4.78 is 7.30. The molecular weight excluding hydrogens is 442 g/mol. The minimum atomic E-state index is -0.872. The first-order valence-electron chi connectivity index (χ1n) is 11.0. The van der Waals surface area contributed by atoms with Crippen molar-refractivity contribution in [2.75, 3.05) is 37.6 Å². The number of benzene rings is 1. The van der Waals surface area contributed by atoms with Gasteiger partial charge in [-0.25, -0.2) is 9.78 Å². The molecule has 2 aliphatic heterocycles. The third-order valence-corrected chi connectivity index (χ3v) is 7.20. The first kappa shape index (κ1) is 21.4. The number of carbonyl (C=O) groups excluding carboxylic acids is 1. The van der Waals surface area contributed by atoms with E-state index in [1.807, 2.05) is 37.4 Å². The van der Waals surface area contributed by atoms with Crippen LogP contribution >= 0.6 is 11.3 Å². The molecule has 1 aromatic carbocycles. The molecule has 2 fully saturated rings. The number of thiazole rings is 1. The van der Waals surface area contributed by atoms with Gasteiger partial charge in [0.15, 0.2) is 0 Å². The number of nitrogens with one attached hydrogen (secondary N) is 1. The number of hydrogen-bond donors (Lipinski definition) is 2. The molecule has 172 valence electrons. The number of nitrogens with zero attached hydrogens (tertiary/aromatic N) is 4. The summed E-state index contributed by atoms with van der Waals surface area (Å²) in [5.74, 6) is 0.969. The molecule has 0 aliphatic carbocycles. The Morgan fingerprint density at radius 1 is 1.24 bits per heavy atom. The summed E-state index contributed by atoms with van der Waals surface area (Å²) in [5, 5.41) is 12.0. The Balaban J connectivity index is 1.35. The third-order valence-electron chi connectivity index (χ3n) is 6.34. The van der Waals surface area contributed by atoms with Crippen LogP contribution in [0.15, 0.2) is 36.0 Å². The van der Waals surface area contributed by atoms with Gasteiger partial charge >= 0.3 is 6.09 Å². The first-order chi connectivity index (χ1) is 16.0. The van der Waals surface area contributed by atoms with Crippen LogP contribution in [-0.2, 0) is 4.79 Å². The van der Waals surface area contributed by atoms with Crippen LogP contribution in [0, 0.1) is 5.92 Å². The summed E-state index contributed by atoms with van der Waals surface area (Å²) in [4.78, 5) is 35.4. The van der Waals surface area contributed by atoms with Gasteiger partial charge in [-0.3, -0.25) is 9.78 Å². The summed E-state index contributed by atoms with van der Waals surface area (Å²) in [6, 6.07) is 7.99. The molecule has 2 amide bonds. The maximum Gasteiger partial charge on any atom is 0.407 e. The fourth-order valence-corrected chi connectivity index (χ4v) is 5.06. The molecule has 5 rings (SSSR count). The second kappa shape index (κ2) is 8.86. The summed E-state index contributed by atoms with van der Waals surface area (Å²) in [7, 11) is 0. The van der Waals surface area contributed by atoms with Crippen LogP contribution in [0.4, 0.5) is 10.5 Å². The van der Waals surface area contributed by atoms with Crippen LogP contribution in [-0.4, -0.2) is 70.8 Å². The van der Waals surface area contributed by atoms with Crippen LogP contribution in [0.25, 0.3) is 21.5 Å². The average molecular weight is 468 g/mol. The van der Waals surface area contributed by atoms with Crippen LogP contribution < -0.4 is 15.0 Å². The number of carboxylic acid groups (broad SMARTS) is 1. The van der Waals surface area contributed by atoms with E-state index in [0.29, 0.717) is 39.1 Å². The molecule has 0 bridgehead atoms. The van der Waals surface area contributed by atoms with E-state index >= 15 is 0 Å². The number of aromatic nitrogens is 2. The van der Waals surface area contributed by atoms with Crippen LogP contribution in [0.3, 0.4) is 0 Å². The third kappa shape index (κ3) is 4.43. The maximum absolute atomic E-state index is 11.6. The van der Waals surface area contributed by atoms with Gasteiger partial charge in [-0.1, -0.05) is 0 Å². The molecule has 0 radical (unpaired) electrons. The number of carbonyl (C=O) groups is 2. The van der Waals surface area contributed by atoms with Crippen LogP contribution in [0.2, 0.25) is 0 Å². The van der Waals surface area contributed by atoms with Gasteiger partial charge < -0.3 is 25.0 Å². The number of pyridine rings is 1. The molecule has 0 spiro atoms. The highest BCUT2D eigenvalue weighted by Crippen LogP contribution is 2.36. The summed E-state index contributed by atoms with van der Waals surface area (Å²) in [6.45, 7) is 4.90. The highest BCUT2D eigenvalue weighted by molar-refractivity contribution is 7.17. The van der Waals surface area contributed by atoms with Crippen LogP contribution in [0.1, 0.15) is 13.3 Å². The number of amides is 2. The van der Waals surface area contributed by atoms with Crippen molar-refractivity contribution in [1.82, 2.24) is 20.2 Å². The van der Waals surface area contributed by atoms with Crippen molar-refractivity contribution in [3.8, 4) is 17.0 Å². The van der Waals surface area contributed by atoms with Crippen molar-refractivity contribution in [2.24, 2.45) is 5.92 Å². The Labute approximate surface area is 195 Å². The lowest BCUT2D eigenvalue weighted by molar-refractivity contribution is -0.119. The molecule has 33 heavy (non-hydrogen) atoms. The van der Waals surface area contributed by atoms with Gasteiger partial charge in [-0.2, -0.15) is 0 Å². The zero-order chi connectivity index (χ0) is 22.9. The summed E-state index contributed by atoms with van der Waals surface area (Å²) in [6.07, 6.45) is 1.33. The molecule has 3 aromatic rings. The second-order valence-electron chi connectivity index (χ2n) is 8.42. The number of piperazine rings is 1. The minimum absolute atomic E-state index is 0.0702. The number of ether oxygens (including phenoxy) is 1. The van der Waals surface area contributed by atoms with Gasteiger partial charge in [0.1, 0.15) is 11.9 Å². The molecule has 2 N–H and O–H groups in total. The van der Waals surface area contributed by atoms with E-state index in [4.69, 9.17) is 9.84 Å². The van der Waals surface area contributed by atoms with Crippen LogP contribution in [0.5, 0.6) is 5.75 Å². The Hall–Kier alpha value is -3.40. The van der Waals surface area contributed by atoms with Crippen molar-refractivity contribution in [2.45, 2.75) is 19.4 Å². The first-order valence-corrected chi connectivity index (χ1v) is 11.9. The maximum atomic E-state index is 11.6. The Morgan fingerprint density at radius 3 is 2.73 bits per heavy atom. The highest BCUT2D eigenvalue weighted by atomic mass is 32.1. The summed E-state index contributed by atoms with van der Waals surface area (Å²) in [5.41, 5.74) is 5.37. The standard InChI is InChI=1S/C23H25N5O4S/c1-14(16-10-21(29)25-11-16)32-20-9-15(8-19-22(20)33-13-26-19)18-3-2-17(12-24-18)27-4-6-28(7-5-27)23(30)31/h2-3,8-9,12-14,16H,4-7,10-11H2,1H3,(H,25,29)(H,30,31)/t14-,16-/m1/s1. The quantitative estimate of drug-likeness (QED) is 0.594. The van der Waals surface area contributed by atoms with E-state index in [9.17, 15) is 9.59 Å². The van der Waals surface area contributed by atoms with E-state index in [1.165, 1.54) is 16.2 Å². The number of hydrogen-bond acceptors (Lipinski definition) is 7. The van der Waals surface area contributed by atoms with Gasteiger partial charge in [0.25, 0.3) is 0 Å². The van der Waals surface area contributed by atoms with Crippen molar-refractivity contribution in [3.63, 3.8) is 0 Å². The molecule has 0 unspecified atom stereocenters. The Kier molecular flexibility index (Phi) is 5.76. The predicted molar refractivity (Wildman–Crippen MR) is 126 cm³/mol. The monoisotopic (exact) mass is 467 g/mol. The minimum Gasteiger partial charge on any atom is -0.489 e. The van der Waals surface area contributed by atoms with Crippen molar-refractivity contribution in [1.29, 1.82) is 0 Å². The molecule has 2 atom stereocenters. The number of rotatable bonds is 5. The van der Waals surface area contributed by atoms with E-state index < -0.39 is 6.09 Å². The largest absolute Gasteiger partial charge is 0.489 e. The zero-order valence-electron chi connectivity index (χ0n) is 18.2. The molecule has 4 heterocycles. The molecule has 2 aromatic heterocycles. The lowest BCUT2D eigenvalue weighted by Crippen LogP contribution is -2.48. The lowest BCUT2D eigenvalue weighted by Gasteiger charge is -2.34. The van der Waals surface area contributed by atoms with Gasteiger partial charge in [-0.05, 0) is 31.2 Å². The van der Waals surface area contributed by atoms with Gasteiger partial charge in [-0.15, -0.1) is 11.3 Å². The normalized spacial score (nSPS) is 19.5. The Morgan fingerprint density at radius 2 is 2.06 bits per heavy atom. The molecule has 2 saturated heterocycles.